The number of halogens is 2. The molecule has 0 spiro atoms. The van der Waals surface area contributed by atoms with Crippen molar-refractivity contribution in [1.29, 1.82) is 0 Å². The minimum Gasteiger partial charge on any atom is -0.480 e. The molecule has 3 aliphatic rings. The fraction of sp³-hybridized carbons (Fsp3) is 0.552. The first kappa shape index (κ1) is 27.3. The van der Waals surface area contributed by atoms with Crippen LogP contribution in [0.5, 0.6) is 5.75 Å². The van der Waals surface area contributed by atoms with Gasteiger partial charge in [-0.05, 0) is 66.9 Å². The molecule has 0 aromatic heterocycles. The van der Waals surface area contributed by atoms with E-state index in [4.69, 9.17) is 30.4 Å². The van der Waals surface area contributed by atoms with Gasteiger partial charge in [0, 0.05) is 30.1 Å². The number of ether oxygens (including phenoxy) is 2. The monoisotopic (exact) mass is 543 g/mol. The second-order valence-corrected chi connectivity index (χ2v) is 12.9. The van der Waals surface area contributed by atoms with Crippen LogP contribution in [0.1, 0.15) is 72.4 Å². The highest BCUT2D eigenvalue weighted by molar-refractivity contribution is 6.66. The van der Waals surface area contributed by atoms with Crippen LogP contribution in [0, 0.1) is 5.82 Å². The van der Waals surface area contributed by atoms with Crippen molar-refractivity contribution in [2.24, 2.45) is 0 Å². The third-order valence-corrected chi connectivity index (χ3v) is 8.61. The molecular formula is C29H36BClFNO5. The summed E-state index contributed by atoms with van der Waals surface area (Å²) in [4.78, 5) is 15.1. The Hall–Kier alpha value is -2.29. The molecule has 3 aliphatic heterocycles. The number of carbonyl (C=O) groups is 1. The van der Waals surface area contributed by atoms with E-state index in [2.05, 4.69) is 0 Å². The lowest BCUT2D eigenvalue weighted by Crippen LogP contribution is -2.53. The molecule has 38 heavy (non-hydrogen) atoms. The number of rotatable bonds is 3. The SMILES string of the molecule is CC(C)(C)OC(=O)N1CCC[C@H]1[C@@]1(c2ccccc2)Cc2c(cc(F)c(Cl)c2B2OC(C)(C)C(C)(C)O2)O1. The Labute approximate surface area is 229 Å². The van der Waals surface area contributed by atoms with Crippen molar-refractivity contribution in [3.63, 3.8) is 0 Å². The fourth-order valence-corrected chi connectivity index (χ4v) is 5.94. The van der Waals surface area contributed by atoms with Gasteiger partial charge in [0.1, 0.15) is 17.2 Å². The van der Waals surface area contributed by atoms with Crippen molar-refractivity contribution < 1.29 is 28.0 Å². The van der Waals surface area contributed by atoms with Gasteiger partial charge in [-0.15, -0.1) is 0 Å². The summed E-state index contributed by atoms with van der Waals surface area (Å²) >= 11 is 6.62. The molecule has 0 bridgehead atoms. The van der Waals surface area contributed by atoms with Gasteiger partial charge in [-0.2, -0.15) is 0 Å². The van der Waals surface area contributed by atoms with E-state index in [-0.39, 0.29) is 17.2 Å². The van der Waals surface area contributed by atoms with Crippen molar-refractivity contribution in [1.82, 2.24) is 4.90 Å². The zero-order valence-corrected chi connectivity index (χ0v) is 23.9. The summed E-state index contributed by atoms with van der Waals surface area (Å²) in [5.41, 5.74) is -0.788. The lowest BCUT2D eigenvalue weighted by Gasteiger charge is -2.40. The Kier molecular flexibility index (Phi) is 6.56. The van der Waals surface area contributed by atoms with Crippen LogP contribution in [-0.4, -0.2) is 47.5 Å². The first-order valence-corrected chi connectivity index (χ1v) is 13.6. The molecular weight excluding hydrogens is 508 g/mol. The van der Waals surface area contributed by atoms with E-state index in [1.54, 1.807) is 4.90 Å². The lowest BCUT2D eigenvalue weighted by atomic mass is 9.72. The van der Waals surface area contributed by atoms with Gasteiger partial charge in [-0.1, -0.05) is 41.9 Å². The summed E-state index contributed by atoms with van der Waals surface area (Å²) in [6.45, 7) is 13.9. The fourth-order valence-electron chi connectivity index (χ4n) is 5.68. The lowest BCUT2D eigenvalue weighted by molar-refractivity contribution is -0.0216. The van der Waals surface area contributed by atoms with Crippen molar-refractivity contribution in [2.45, 2.75) is 96.2 Å². The predicted molar refractivity (Wildman–Crippen MR) is 146 cm³/mol. The van der Waals surface area contributed by atoms with Crippen LogP contribution in [0.15, 0.2) is 36.4 Å². The average Bonchev–Trinajstić information content (AvgIpc) is 3.49. The molecule has 1 amide bonds. The van der Waals surface area contributed by atoms with E-state index >= 15 is 4.39 Å². The van der Waals surface area contributed by atoms with Gasteiger partial charge in [0.2, 0.25) is 0 Å². The van der Waals surface area contributed by atoms with Crippen LogP contribution >= 0.6 is 11.6 Å². The van der Waals surface area contributed by atoms with Gasteiger partial charge in [0.25, 0.3) is 0 Å². The highest BCUT2D eigenvalue weighted by Gasteiger charge is 2.57. The number of hydrogen-bond acceptors (Lipinski definition) is 5. The molecule has 0 aliphatic carbocycles. The highest BCUT2D eigenvalue weighted by atomic mass is 35.5. The van der Waals surface area contributed by atoms with E-state index in [9.17, 15) is 4.79 Å². The Morgan fingerprint density at radius 2 is 1.76 bits per heavy atom. The molecule has 6 nitrogen and oxygen atoms in total. The topological polar surface area (TPSA) is 57.2 Å². The molecule has 3 heterocycles. The molecule has 0 unspecified atom stereocenters. The van der Waals surface area contributed by atoms with Crippen molar-refractivity contribution in [3.05, 3.63) is 58.4 Å². The average molecular weight is 544 g/mol. The molecule has 0 saturated carbocycles. The van der Waals surface area contributed by atoms with Crippen molar-refractivity contribution >= 4 is 30.3 Å². The van der Waals surface area contributed by atoms with Gasteiger partial charge >= 0.3 is 13.2 Å². The third kappa shape index (κ3) is 4.48. The normalized spacial score (nSPS) is 25.9. The summed E-state index contributed by atoms with van der Waals surface area (Å²) < 4.78 is 40.4. The molecule has 5 rings (SSSR count). The quantitative estimate of drug-likeness (QED) is 0.444. The zero-order chi connectivity index (χ0) is 27.7. The van der Waals surface area contributed by atoms with E-state index < -0.39 is 35.3 Å². The van der Waals surface area contributed by atoms with Gasteiger partial charge in [0.05, 0.1) is 22.3 Å². The van der Waals surface area contributed by atoms with Crippen LogP contribution in [0.3, 0.4) is 0 Å². The molecule has 2 fully saturated rings. The summed E-state index contributed by atoms with van der Waals surface area (Å²) in [7, 11) is -0.863. The zero-order valence-electron chi connectivity index (χ0n) is 23.2. The summed E-state index contributed by atoms with van der Waals surface area (Å²) in [5.74, 6) is -0.217. The van der Waals surface area contributed by atoms with Gasteiger partial charge in [-0.25, -0.2) is 9.18 Å². The Bertz CT molecular complexity index is 1230. The third-order valence-electron chi connectivity index (χ3n) is 8.23. The Morgan fingerprint density at radius 1 is 1.13 bits per heavy atom. The number of amides is 1. The van der Waals surface area contributed by atoms with Crippen LogP contribution in [0.25, 0.3) is 0 Å². The second-order valence-electron chi connectivity index (χ2n) is 12.5. The maximum Gasteiger partial charge on any atom is 0.496 e. The molecule has 204 valence electrons. The number of hydrogen-bond donors (Lipinski definition) is 0. The Balaban J connectivity index is 1.61. The maximum absolute atomic E-state index is 15.3. The van der Waals surface area contributed by atoms with Gasteiger partial charge < -0.3 is 23.7 Å². The smallest absolute Gasteiger partial charge is 0.480 e. The van der Waals surface area contributed by atoms with Crippen molar-refractivity contribution in [3.8, 4) is 5.75 Å². The van der Waals surface area contributed by atoms with Crippen LogP contribution < -0.4 is 10.2 Å². The summed E-state index contributed by atoms with van der Waals surface area (Å²) in [6, 6.07) is 10.8. The van der Waals surface area contributed by atoms with E-state index in [1.807, 2.05) is 78.8 Å². The van der Waals surface area contributed by atoms with E-state index in [0.717, 1.165) is 17.5 Å². The summed E-state index contributed by atoms with van der Waals surface area (Å²) in [6.07, 6.45) is 1.50. The minimum atomic E-state index is -0.966. The van der Waals surface area contributed by atoms with Crippen molar-refractivity contribution in [2.75, 3.05) is 6.54 Å². The van der Waals surface area contributed by atoms with E-state index in [0.29, 0.717) is 30.6 Å². The maximum atomic E-state index is 15.3. The van der Waals surface area contributed by atoms with Crippen LogP contribution in [-0.2, 0) is 26.1 Å². The molecule has 2 atom stereocenters. The van der Waals surface area contributed by atoms with Gasteiger partial charge in [-0.3, -0.25) is 0 Å². The predicted octanol–water partition coefficient (Wildman–Crippen LogP) is 6.01. The number of nitrogens with zero attached hydrogens (tertiary/aromatic N) is 1. The number of benzene rings is 2. The molecule has 2 aromatic rings. The number of carbonyl (C=O) groups excluding carboxylic acids is 1. The second kappa shape index (κ2) is 9.14. The first-order chi connectivity index (χ1) is 17.7. The molecule has 0 N–H and O–H groups in total. The van der Waals surface area contributed by atoms with Crippen LogP contribution in [0.4, 0.5) is 9.18 Å². The molecule has 0 radical (unpaired) electrons. The number of fused-ring (bicyclic) bond motifs is 1. The molecule has 9 heteroatoms. The minimum absolute atomic E-state index is 0.0369. The molecule has 2 aromatic carbocycles. The van der Waals surface area contributed by atoms with Gasteiger partial charge in [0.15, 0.2) is 5.60 Å². The summed E-state index contributed by atoms with van der Waals surface area (Å²) in [5, 5.41) is -0.0369. The largest absolute Gasteiger partial charge is 0.496 e. The van der Waals surface area contributed by atoms with E-state index in [1.165, 1.54) is 6.07 Å². The first-order valence-electron chi connectivity index (χ1n) is 13.3. The number of likely N-dealkylation sites (tertiary alicyclic amines) is 1. The molecule has 2 saturated heterocycles. The Morgan fingerprint density at radius 3 is 2.37 bits per heavy atom. The standard InChI is InChI=1S/C29H36BClFNO5/c1-26(2,3)36-25(34)33-15-11-14-22(33)29(18-12-9-8-10-13-18)17-19-21(35-29)16-20(32)24(31)23(19)30-37-27(4,5)28(6,7)38-30/h8-10,12-13,16,22H,11,14-15,17H2,1-7H3/t22-,29-/m0/s1. The van der Waals surface area contributed by atoms with Crippen LogP contribution in [0.2, 0.25) is 5.02 Å². The highest BCUT2D eigenvalue weighted by Crippen LogP contribution is 2.49.